The number of carbonyl (C=O) groups is 3. The topological polar surface area (TPSA) is 92.9 Å². The molecule has 1 saturated heterocycles. The summed E-state index contributed by atoms with van der Waals surface area (Å²) in [4.78, 5) is 40.8. The number of rotatable bonds is 7. The van der Waals surface area contributed by atoms with E-state index in [0.717, 1.165) is 12.0 Å². The summed E-state index contributed by atoms with van der Waals surface area (Å²) in [6, 6.07) is 4.63. The van der Waals surface area contributed by atoms with Gasteiger partial charge in [0.05, 0.1) is 6.10 Å². The maximum atomic E-state index is 12.9. The van der Waals surface area contributed by atoms with Gasteiger partial charge in [-0.05, 0) is 45.2 Å². The number of carbonyl (C=O) groups excluding carboxylic acids is 3. The SMILES string of the molecule is CC(C)OCCCCN1C(=O)CCC(N2Cc3c(N)cccc3C2=O)C1=O. The standard InChI is InChI=1S/C20H27N3O4/c1-13(2)27-11-4-3-10-22-18(24)9-8-17(20(22)26)23-12-15-14(19(23)25)6-5-7-16(15)21/h5-7,13,17H,3-4,8-12,21H2,1-2H3. The number of anilines is 1. The Labute approximate surface area is 159 Å². The van der Waals surface area contributed by atoms with Crippen LogP contribution in [0.2, 0.25) is 0 Å². The molecular weight excluding hydrogens is 346 g/mol. The minimum atomic E-state index is -0.603. The second-order valence-corrected chi connectivity index (χ2v) is 7.37. The molecule has 1 atom stereocenters. The molecule has 3 amide bonds. The van der Waals surface area contributed by atoms with Crippen LogP contribution in [0.3, 0.4) is 0 Å². The van der Waals surface area contributed by atoms with Gasteiger partial charge >= 0.3 is 0 Å². The van der Waals surface area contributed by atoms with Crippen LogP contribution in [-0.4, -0.2) is 52.8 Å². The van der Waals surface area contributed by atoms with E-state index in [9.17, 15) is 14.4 Å². The second-order valence-electron chi connectivity index (χ2n) is 7.37. The molecule has 0 bridgehead atoms. The fraction of sp³-hybridized carbons (Fsp3) is 0.550. The number of nitrogens with two attached hydrogens (primary N) is 1. The van der Waals surface area contributed by atoms with Gasteiger partial charge in [-0.1, -0.05) is 6.07 Å². The summed E-state index contributed by atoms with van der Waals surface area (Å²) in [6.07, 6.45) is 2.28. The lowest BCUT2D eigenvalue weighted by atomic mass is 10.0. The highest BCUT2D eigenvalue weighted by atomic mass is 16.5. The summed E-state index contributed by atoms with van der Waals surface area (Å²) in [6.45, 7) is 5.24. The van der Waals surface area contributed by atoms with Crippen LogP contribution >= 0.6 is 0 Å². The van der Waals surface area contributed by atoms with Gasteiger partial charge in [0.1, 0.15) is 6.04 Å². The highest BCUT2D eigenvalue weighted by Crippen LogP contribution is 2.32. The van der Waals surface area contributed by atoms with Crippen LogP contribution in [0.5, 0.6) is 0 Å². The van der Waals surface area contributed by atoms with Crippen LogP contribution in [0.15, 0.2) is 18.2 Å². The van der Waals surface area contributed by atoms with Crippen molar-refractivity contribution in [3.8, 4) is 0 Å². The van der Waals surface area contributed by atoms with Gasteiger partial charge in [-0.3, -0.25) is 19.3 Å². The molecule has 2 aliphatic rings. The number of nitrogen functional groups attached to an aromatic ring is 1. The Bertz CT molecular complexity index is 747. The molecule has 1 unspecified atom stereocenters. The van der Waals surface area contributed by atoms with E-state index in [1.807, 2.05) is 13.8 Å². The van der Waals surface area contributed by atoms with E-state index in [2.05, 4.69) is 0 Å². The predicted octanol–water partition coefficient (Wildman–Crippen LogP) is 1.95. The zero-order chi connectivity index (χ0) is 19.6. The third-order valence-corrected chi connectivity index (χ3v) is 5.12. The van der Waals surface area contributed by atoms with Gasteiger partial charge in [-0.25, -0.2) is 0 Å². The van der Waals surface area contributed by atoms with Gasteiger partial charge in [0.15, 0.2) is 0 Å². The van der Waals surface area contributed by atoms with Crippen molar-refractivity contribution in [3.63, 3.8) is 0 Å². The fourth-order valence-corrected chi connectivity index (χ4v) is 3.67. The third-order valence-electron chi connectivity index (χ3n) is 5.12. The van der Waals surface area contributed by atoms with Crippen molar-refractivity contribution in [2.75, 3.05) is 18.9 Å². The van der Waals surface area contributed by atoms with Gasteiger partial charge in [-0.15, -0.1) is 0 Å². The number of piperidine rings is 1. The lowest BCUT2D eigenvalue weighted by Gasteiger charge is -2.35. The van der Waals surface area contributed by atoms with E-state index in [-0.39, 0.29) is 30.2 Å². The number of fused-ring (bicyclic) bond motifs is 1. The molecular formula is C20H27N3O4. The van der Waals surface area contributed by atoms with Crippen LogP contribution in [0.1, 0.15) is 55.5 Å². The highest BCUT2D eigenvalue weighted by Gasteiger charge is 2.42. The molecule has 1 aromatic rings. The highest BCUT2D eigenvalue weighted by molar-refractivity contribution is 6.06. The molecule has 27 heavy (non-hydrogen) atoms. The van der Waals surface area contributed by atoms with Gasteiger partial charge in [0.2, 0.25) is 5.91 Å². The van der Waals surface area contributed by atoms with Crippen LogP contribution in [0.25, 0.3) is 0 Å². The van der Waals surface area contributed by atoms with Crippen molar-refractivity contribution in [3.05, 3.63) is 29.3 Å². The van der Waals surface area contributed by atoms with Crippen molar-refractivity contribution >= 4 is 23.4 Å². The minimum absolute atomic E-state index is 0.162. The van der Waals surface area contributed by atoms with Gasteiger partial charge in [0, 0.05) is 42.9 Å². The number of ether oxygens (including phenoxy) is 1. The lowest BCUT2D eigenvalue weighted by Crippen LogP contribution is -2.54. The summed E-state index contributed by atoms with van der Waals surface area (Å²) in [5, 5.41) is 0. The summed E-state index contributed by atoms with van der Waals surface area (Å²) < 4.78 is 5.50. The Morgan fingerprint density at radius 2 is 2.00 bits per heavy atom. The first-order chi connectivity index (χ1) is 12.9. The quantitative estimate of drug-likeness (QED) is 0.448. The summed E-state index contributed by atoms with van der Waals surface area (Å²) in [7, 11) is 0. The number of nitrogens with zero attached hydrogens (tertiary/aromatic N) is 2. The monoisotopic (exact) mass is 373 g/mol. The van der Waals surface area contributed by atoms with Crippen molar-refractivity contribution < 1.29 is 19.1 Å². The van der Waals surface area contributed by atoms with Crippen LogP contribution in [0.4, 0.5) is 5.69 Å². The molecule has 2 aliphatic heterocycles. The number of hydrogen-bond donors (Lipinski definition) is 1. The number of unbranched alkanes of at least 4 members (excludes halogenated alkanes) is 1. The summed E-state index contributed by atoms with van der Waals surface area (Å²) in [5.41, 5.74) is 7.87. The van der Waals surface area contributed by atoms with Crippen molar-refractivity contribution in [2.45, 2.75) is 58.2 Å². The Hall–Kier alpha value is -2.41. The molecule has 7 nitrogen and oxygen atoms in total. The molecule has 1 aromatic carbocycles. The molecule has 0 saturated carbocycles. The summed E-state index contributed by atoms with van der Waals surface area (Å²) >= 11 is 0. The van der Waals surface area contributed by atoms with Crippen LogP contribution in [0, 0.1) is 0 Å². The van der Waals surface area contributed by atoms with E-state index in [1.165, 1.54) is 4.90 Å². The minimum Gasteiger partial charge on any atom is -0.398 e. The molecule has 0 radical (unpaired) electrons. The second kappa shape index (κ2) is 8.08. The average molecular weight is 373 g/mol. The molecule has 2 N–H and O–H groups in total. The summed E-state index contributed by atoms with van der Waals surface area (Å²) in [5.74, 6) is -0.629. The van der Waals surface area contributed by atoms with E-state index >= 15 is 0 Å². The largest absolute Gasteiger partial charge is 0.398 e. The predicted molar refractivity (Wildman–Crippen MR) is 101 cm³/mol. The molecule has 146 valence electrons. The normalized spacial score (nSPS) is 20.0. The van der Waals surface area contributed by atoms with E-state index in [4.69, 9.17) is 10.5 Å². The number of likely N-dealkylation sites (tertiary alicyclic amines) is 1. The molecule has 0 aliphatic carbocycles. The maximum absolute atomic E-state index is 12.9. The van der Waals surface area contributed by atoms with E-state index in [0.29, 0.717) is 43.8 Å². The van der Waals surface area contributed by atoms with Gasteiger partial charge in [0.25, 0.3) is 11.8 Å². The zero-order valence-corrected chi connectivity index (χ0v) is 15.9. The van der Waals surface area contributed by atoms with Crippen molar-refractivity contribution in [2.24, 2.45) is 0 Å². The van der Waals surface area contributed by atoms with E-state index < -0.39 is 6.04 Å². The molecule has 0 aromatic heterocycles. The zero-order valence-electron chi connectivity index (χ0n) is 15.9. The molecule has 7 heteroatoms. The van der Waals surface area contributed by atoms with E-state index in [1.54, 1.807) is 23.1 Å². The lowest BCUT2D eigenvalue weighted by molar-refractivity contribution is -0.152. The Balaban J connectivity index is 1.64. The molecule has 3 rings (SSSR count). The van der Waals surface area contributed by atoms with Gasteiger partial charge in [-0.2, -0.15) is 0 Å². The van der Waals surface area contributed by atoms with Crippen molar-refractivity contribution in [1.82, 2.24) is 9.80 Å². The van der Waals surface area contributed by atoms with Crippen molar-refractivity contribution in [1.29, 1.82) is 0 Å². The Kier molecular flexibility index (Phi) is 5.79. The number of imide groups is 1. The average Bonchev–Trinajstić information content (AvgIpc) is 2.95. The Morgan fingerprint density at radius 3 is 2.70 bits per heavy atom. The number of benzene rings is 1. The third kappa shape index (κ3) is 3.98. The molecule has 1 fully saturated rings. The molecule has 2 heterocycles. The van der Waals surface area contributed by atoms with Crippen LogP contribution in [-0.2, 0) is 20.9 Å². The maximum Gasteiger partial charge on any atom is 0.255 e. The van der Waals surface area contributed by atoms with Crippen LogP contribution < -0.4 is 5.73 Å². The first-order valence-corrected chi connectivity index (χ1v) is 9.54. The Morgan fingerprint density at radius 1 is 1.22 bits per heavy atom. The number of hydrogen-bond acceptors (Lipinski definition) is 5. The first-order valence-electron chi connectivity index (χ1n) is 9.54. The number of amides is 3. The fourth-order valence-electron chi connectivity index (χ4n) is 3.67. The smallest absolute Gasteiger partial charge is 0.255 e. The first kappa shape index (κ1) is 19.4. The molecule has 0 spiro atoms. The van der Waals surface area contributed by atoms with Gasteiger partial charge < -0.3 is 15.4 Å².